The average molecular weight is 417 g/mol. The van der Waals surface area contributed by atoms with Gasteiger partial charge in [0.1, 0.15) is 0 Å². The van der Waals surface area contributed by atoms with Crippen molar-refractivity contribution in [2.24, 2.45) is 4.99 Å². The normalized spacial score (nSPS) is 18.1. The first-order valence-corrected chi connectivity index (χ1v) is 9.78. The number of hydrogen-bond acceptors (Lipinski definition) is 4. The molecule has 4 nitrogen and oxygen atoms in total. The molecule has 3 aromatic rings. The molecular weight excluding hydrogens is 396 g/mol. The molecule has 0 amide bonds. The van der Waals surface area contributed by atoms with E-state index in [0.717, 1.165) is 16.7 Å². The maximum Gasteiger partial charge on any atom is 0.278 e. The standard InChI is InChI=1S/C25H21F2N3O/c1-31-25(21(18-14-16-28-17-15-18)12-13-22(29-25)24(26)27)30-23(19-8-4-2-5-9-19)20-10-6-3-7-11-20/h2-17,24,29H,1H3. The highest BCUT2D eigenvalue weighted by Gasteiger charge is 2.40. The third kappa shape index (κ3) is 4.29. The van der Waals surface area contributed by atoms with Crippen molar-refractivity contribution >= 4 is 11.3 Å². The summed E-state index contributed by atoms with van der Waals surface area (Å²) in [6.45, 7) is 0. The van der Waals surface area contributed by atoms with Gasteiger partial charge in [-0.2, -0.15) is 0 Å². The van der Waals surface area contributed by atoms with E-state index in [9.17, 15) is 8.78 Å². The maximum absolute atomic E-state index is 13.6. The van der Waals surface area contributed by atoms with Gasteiger partial charge in [0.05, 0.1) is 11.4 Å². The lowest BCUT2D eigenvalue weighted by Gasteiger charge is -2.36. The summed E-state index contributed by atoms with van der Waals surface area (Å²) in [6.07, 6.45) is 3.56. The summed E-state index contributed by atoms with van der Waals surface area (Å²) in [4.78, 5) is 8.99. The average Bonchev–Trinajstić information content (AvgIpc) is 2.84. The van der Waals surface area contributed by atoms with Gasteiger partial charge < -0.3 is 10.1 Å². The van der Waals surface area contributed by atoms with Crippen molar-refractivity contribution in [2.75, 3.05) is 7.11 Å². The topological polar surface area (TPSA) is 46.5 Å². The minimum atomic E-state index is -2.70. The molecule has 0 bridgehead atoms. The van der Waals surface area contributed by atoms with Crippen molar-refractivity contribution in [1.82, 2.24) is 10.3 Å². The lowest BCUT2D eigenvalue weighted by Crippen LogP contribution is -2.49. The maximum atomic E-state index is 13.6. The molecule has 156 valence electrons. The molecular formula is C25H21F2N3O. The van der Waals surface area contributed by atoms with Crippen LogP contribution >= 0.6 is 0 Å². The molecule has 4 rings (SSSR count). The van der Waals surface area contributed by atoms with Crippen LogP contribution in [0.5, 0.6) is 0 Å². The predicted octanol–water partition coefficient (Wildman–Crippen LogP) is 5.06. The van der Waals surface area contributed by atoms with Crippen molar-refractivity contribution in [3.8, 4) is 0 Å². The molecule has 0 saturated heterocycles. The Morgan fingerprint density at radius 3 is 2.00 bits per heavy atom. The monoisotopic (exact) mass is 417 g/mol. The Labute approximate surface area is 179 Å². The fourth-order valence-corrected chi connectivity index (χ4v) is 3.48. The number of benzene rings is 2. The van der Waals surface area contributed by atoms with Crippen LogP contribution in [0.2, 0.25) is 0 Å². The van der Waals surface area contributed by atoms with Gasteiger partial charge in [-0.05, 0) is 29.8 Å². The van der Waals surface area contributed by atoms with E-state index >= 15 is 0 Å². The molecule has 2 heterocycles. The summed E-state index contributed by atoms with van der Waals surface area (Å²) in [6, 6.07) is 22.8. The molecule has 0 saturated carbocycles. The number of alkyl halides is 2. The number of nitrogens with zero attached hydrogens (tertiary/aromatic N) is 2. The summed E-state index contributed by atoms with van der Waals surface area (Å²) in [5.74, 6) is -1.55. The zero-order chi connectivity index (χ0) is 21.7. The summed E-state index contributed by atoms with van der Waals surface area (Å²) >= 11 is 0. The van der Waals surface area contributed by atoms with E-state index in [0.29, 0.717) is 11.3 Å². The van der Waals surface area contributed by atoms with Gasteiger partial charge in [-0.25, -0.2) is 13.8 Å². The van der Waals surface area contributed by atoms with E-state index in [-0.39, 0.29) is 5.70 Å². The summed E-state index contributed by atoms with van der Waals surface area (Å²) in [5.41, 5.74) is 3.41. The Kier molecular flexibility index (Phi) is 6.00. The summed E-state index contributed by atoms with van der Waals surface area (Å²) < 4.78 is 33.1. The highest BCUT2D eigenvalue weighted by atomic mass is 19.3. The highest BCUT2D eigenvalue weighted by Crippen LogP contribution is 2.35. The summed E-state index contributed by atoms with van der Waals surface area (Å²) in [5, 5.41) is 2.85. The van der Waals surface area contributed by atoms with Crippen molar-refractivity contribution in [3.63, 3.8) is 0 Å². The van der Waals surface area contributed by atoms with Crippen LogP contribution < -0.4 is 5.32 Å². The zero-order valence-corrected chi connectivity index (χ0v) is 16.9. The predicted molar refractivity (Wildman–Crippen MR) is 118 cm³/mol. The molecule has 1 atom stereocenters. The Morgan fingerprint density at radius 1 is 0.903 bits per heavy atom. The molecule has 0 radical (unpaired) electrons. The van der Waals surface area contributed by atoms with Crippen LogP contribution in [-0.4, -0.2) is 30.1 Å². The van der Waals surface area contributed by atoms with Crippen LogP contribution in [0.1, 0.15) is 16.7 Å². The molecule has 0 spiro atoms. The van der Waals surface area contributed by atoms with Crippen molar-refractivity contribution in [3.05, 3.63) is 120 Å². The first kappa shape index (κ1) is 20.6. The van der Waals surface area contributed by atoms with Gasteiger partial charge in [0.25, 0.3) is 12.3 Å². The molecule has 0 fully saturated rings. The molecule has 6 heteroatoms. The van der Waals surface area contributed by atoms with E-state index in [2.05, 4.69) is 10.3 Å². The molecule has 0 aliphatic carbocycles. The Balaban J connectivity index is 1.94. The van der Waals surface area contributed by atoms with Crippen LogP contribution in [0.15, 0.2) is 108 Å². The number of aromatic nitrogens is 1. The van der Waals surface area contributed by atoms with E-state index in [4.69, 9.17) is 9.73 Å². The quantitative estimate of drug-likeness (QED) is 0.571. The van der Waals surface area contributed by atoms with Crippen molar-refractivity contribution < 1.29 is 13.5 Å². The van der Waals surface area contributed by atoms with Crippen LogP contribution in [0.25, 0.3) is 5.57 Å². The number of hydrogen-bond donors (Lipinski definition) is 1. The van der Waals surface area contributed by atoms with E-state index < -0.39 is 12.3 Å². The first-order valence-electron chi connectivity index (χ1n) is 9.78. The molecule has 31 heavy (non-hydrogen) atoms. The number of ether oxygens (including phenoxy) is 1. The summed E-state index contributed by atoms with van der Waals surface area (Å²) in [7, 11) is 1.45. The fourth-order valence-electron chi connectivity index (χ4n) is 3.48. The SMILES string of the molecule is COC1(N=C(c2ccccc2)c2ccccc2)NC(C(F)F)=CC=C1c1ccncc1. The lowest BCUT2D eigenvalue weighted by molar-refractivity contribution is 0.0176. The second kappa shape index (κ2) is 9.02. The third-order valence-electron chi connectivity index (χ3n) is 4.99. The molecule has 1 aromatic heterocycles. The molecule has 1 aliphatic rings. The van der Waals surface area contributed by atoms with E-state index in [1.54, 1.807) is 30.6 Å². The van der Waals surface area contributed by atoms with Gasteiger partial charge in [0.2, 0.25) is 0 Å². The Morgan fingerprint density at radius 2 is 1.48 bits per heavy atom. The number of pyridine rings is 1. The molecule has 1 aliphatic heterocycles. The van der Waals surface area contributed by atoms with Crippen molar-refractivity contribution in [1.29, 1.82) is 0 Å². The van der Waals surface area contributed by atoms with E-state index in [1.807, 2.05) is 60.7 Å². The van der Waals surface area contributed by atoms with Crippen LogP contribution in [0, 0.1) is 0 Å². The van der Waals surface area contributed by atoms with Gasteiger partial charge >= 0.3 is 0 Å². The van der Waals surface area contributed by atoms with E-state index in [1.165, 1.54) is 13.2 Å². The smallest absolute Gasteiger partial charge is 0.278 e. The highest BCUT2D eigenvalue weighted by molar-refractivity contribution is 6.13. The van der Waals surface area contributed by atoms with Gasteiger partial charge in [-0.3, -0.25) is 4.98 Å². The molecule has 1 N–H and O–H groups in total. The second-order valence-electron chi connectivity index (χ2n) is 6.90. The number of nitrogens with one attached hydrogen (secondary N) is 1. The Hall–Kier alpha value is -3.64. The number of rotatable bonds is 6. The number of methoxy groups -OCH3 is 1. The molecule has 1 unspecified atom stereocenters. The van der Waals surface area contributed by atoms with Gasteiger partial charge in [0, 0.05) is 36.2 Å². The van der Waals surface area contributed by atoms with Crippen LogP contribution in [-0.2, 0) is 4.74 Å². The van der Waals surface area contributed by atoms with Crippen molar-refractivity contribution in [2.45, 2.75) is 12.3 Å². The van der Waals surface area contributed by atoms with Gasteiger partial charge in [-0.1, -0.05) is 60.7 Å². The number of aliphatic imine (C=N–C) groups is 1. The zero-order valence-electron chi connectivity index (χ0n) is 16.9. The Bertz CT molecular complexity index is 1070. The fraction of sp³-hybridized carbons (Fsp3) is 0.120. The van der Waals surface area contributed by atoms with Gasteiger partial charge in [-0.15, -0.1) is 0 Å². The second-order valence-corrected chi connectivity index (χ2v) is 6.90. The van der Waals surface area contributed by atoms with Crippen LogP contribution in [0.3, 0.4) is 0 Å². The third-order valence-corrected chi connectivity index (χ3v) is 4.99. The first-order chi connectivity index (χ1) is 15.1. The van der Waals surface area contributed by atoms with Crippen LogP contribution in [0.4, 0.5) is 8.78 Å². The molecule has 2 aromatic carbocycles. The number of dihydropyridines is 1. The minimum Gasteiger partial charge on any atom is -0.336 e. The lowest BCUT2D eigenvalue weighted by atomic mass is 9.96. The minimum absolute atomic E-state index is 0.260. The van der Waals surface area contributed by atoms with Gasteiger partial charge in [0.15, 0.2) is 0 Å². The number of halogens is 2. The number of allylic oxidation sites excluding steroid dienone is 3. The largest absolute Gasteiger partial charge is 0.336 e.